The smallest absolute Gasteiger partial charge is 0.328 e. The number of anilines is 3. The zero-order valence-electron chi connectivity index (χ0n) is 33.5. The van der Waals surface area contributed by atoms with E-state index in [0.29, 0.717) is 36.5 Å². The minimum atomic E-state index is -0.351. The number of imide groups is 1. The number of fused-ring (bicyclic) bond motifs is 1. The molecule has 4 heterocycles. The van der Waals surface area contributed by atoms with E-state index in [-0.39, 0.29) is 23.8 Å². The topological polar surface area (TPSA) is 99.7 Å². The van der Waals surface area contributed by atoms with Crippen LogP contribution in [0.25, 0.3) is 0 Å². The number of hydrogen-bond donors (Lipinski definition) is 2. The first-order valence-electron chi connectivity index (χ1n) is 21.6. The van der Waals surface area contributed by atoms with Gasteiger partial charge in [-0.3, -0.25) is 24.7 Å². The number of aromatic hydroxyl groups is 1. The van der Waals surface area contributed by atoms with Crippen molar-refractivity contribution in [1.29, 1.82) is 0 Å². The summed E-state index contributed by atoms with van der Waals surface area (Å²) in [5.41, 5.74) is 8.46. The van der Waals surface area contributed by atoms with E-state index in [4.69, 9.17) is 0 Å². The van der Waals surface area contributed by atoms with Gasteiger partial charge in [0, 0.05) is 101 Å². The van der Waals surface area contributed by atoms with Gasteiger partial charge in [-0.15, -0.1) is 0 Å². The van der Waals surface area contributed by atoms with Gasteiger partial charge in [-0.25, -0.2) is 4.79 Å². The number of hydrogen-bond acceptors (Lipinski definition) is 7. The lowest BCUT2D eigenvalue weighted by molar-refractivity contribution is -0.137. The van der Waals surface area contributed by atoms with Crippen LogP contribution < -0.4 is 20.0 Å². The molecule has 0 saturated carbocycles. The number of aryl methyl sites for hydroxylation is 1. The number of nitrogens with zero attached hydrogens (tertiary/aromatic N) is 5. The lowest BCUT2D eigenvalue weighted by Crippen LogP contribution is -2.50. The van der Waals surface area contributed by atoms with Crippen molar-refractivity contribution in [1.82, 2.24) is 15.1 Å². The van der Waals surface area contributed by atoms with Crippen molar-refractivity contribution in [2.24, 2.45) is 11.8 Å². The summed E-state index contributed by atoms with van der Waals surface area (Å²) in [5, 5.41) is 12.6. The predicted molar refractivity (Wildman–Crippen MR) is 229 cm³/mol. The highest BCUT2D eigenvalue weighted by molar-refractivity contribution is 6.05. The van der Waals surface area contributed by atoms with Crippen molar-refractivity contribution in [3.63, 3.8) is 0 Å². The molecule has 4 amide bonds. The van der Waals surface area contributed by atoms with Gasteiger partial charge in [0.2, 0.25) is 11.8 Å². The summed E-state index contributed by atoms with van der Waals surface area (Å²) in [6.45, 7) is 9.02. The first kappa shape index (κ1) is 38.2. The fraction of sp³-hybridized carbons (Fsp3) is 0.438. The number of benzene rings is 4. The molecule has 0 bridgehead atoms. The third-order valence-corrected chi connectivity index (χ3v) is 13.7. The fourth-order valence-corrected chi connectivity index (χ4v) is 10.4. The molecular formula is C48H56N6O4. The Morgan fingerprint density at radius 1 is 0.638 bits per heavy atom. The molecule has 2 N–H and O–H groups in total. The van der Waals surface area contributed by atoms with E-state index in [1.165, 1.54) is 27.9 Å². The second-order valence-corrected chi connectivity index (χ2v) is 17.1. The molecule has 4 aromatic rings. The molecule has 58 heavy (non-hydrogen) atoms. The van der Waals surface area contributed by atoms with Gasteiger partial charge < -0.3 is 19.8 Å². The minimum absolute atomic E-state index is 0.109. The zero-order chi connectivity index (χ0) is 39.6. The molecule has 5 aliphatic rings. The summed E-state index contributed by atoms with van der Waals surface area (Å²) in [6, 6.07) is 33.7. The Balaban J connectivity index is 0.726. The Morgan fingerprint density at radius 3 is 1.98 bits per heavy atom. The zero-order valence-corrected chi connectivity index (χ0v) is 33.5. The van der Waals surface area contributed by atoms with Crippen LogP contribution in [0.2, 0.25) is 0 Å². The van der Waals surface area contributed by atoms with Crippen LogP contribution in [-0.2, 0) is 16.0 Å². The molecule has 4 fully saturated rings. The van der Waals surface area contributed by atoms with Gasteiger partial charge >= 0.3 is 6.03 Å². The van der Waals surface area contributed by atoms with Crippen molar-refractivity contribution >= 4 is 34.9 Å². The number of phenols is 1. The van der Waals surface area contributed by atoms with Crippen molar-refractivity contribution < 1.29 is 19.5 Å². The lowest BCUT2D eigenvalue weighted by atomic mass is 9.69. The van der Waals surface area contributed by atoms with Crippen LogP contribution in [0, 0.1) is 11.8 Å². The highest BCUT2D eigenvalue weighted by atomic mass is 16.3. The standard InChI is InChI=1S/C48H56N6O4/c55-42-15-17-44-38(32-42)8-16-43(35-4-2-1-3-5-35)46(44)36-6-9-39(10-7-36)51-25-20-37(21-26-51)47(57)53-23-18-34(19-24-53)33-50-28-30-52(31-29-50)40-11-13-41(14-12-40)54-27-22-45(56)49-48(54)58/h1-7,9-15,17,32,34,37,43,46,55H,8,16,18-31,33H2,(H,49,56,58)/t43-,46+/m1/s1. The van der Waals surface area contributed by atoms with Crippen LogP contribution in [0.15, 0.2) is 97.1 Å². The summed E-state index contributed by atoms with van der Waals surface area (Å²) in [7, 11) is 0. The second-order valence-electron chi connectivity index (χ2n) is 17.1. The number of piperazine rings is 1. The first-order chi connectivity index (χ1) is 28.4. The van der Waals surface area contributed by atoms with Gasteiger partial charge in [-0.05, 0) is 121 Å². The van der Waals surface area contributed by atoms with Crippen molar-refractivity contribution in [3.8, 4) is 5.75 Å². The third kappa shape index (κ3) is 8.17. The first-order valence-corrected chi connectivity index (χ1v) is 21.6. The Labute approximate surface area is 342 Å². The van der Waals surface area contributed by atoms with E-state index >= 15 is 0 Å². The summed E-state index contributed by atoms with van der Waals surface area (Å²) >= 11 is 0. The summed E-state index contributed by atoms with van der Waals surface area (Å²) in [5.74, 6) is 1.84. The largest absolute Gasteiger partial charge is 0.508 e. The molecule has 1 aliphatic carbocycles. The van der Waals surface area contributed by atoms with Crippen LogP contribution in [0.3, 0.4) is 0 Å². The number of amides is 4. The highest BCUT2D eigenvalue weighted by Crippen LogP contribution is 2.47. The molecule has 0 unspecified atom stereocenters. The van der Waals surface area contributed by atoms with Crippen molar-refractivity contribution in [2.75, 3.05) is 80.1 Å². The average Bonchev–Trinajstić information content (AvgIpc) is 3.27. The van der Waals surface area contributed by atoms with Gasteiger partial charge in [0.1, 0.15) is 5.75 Å². The maximum atomic E-state index is 13.7. The molecule has 4 aliphatic heterocycles. The molecule has 0 aromatic heterocycles. The summed E-state index contributed by atoms with van der Waals surface area (Å²) in [4.78, 5) is 48.7. The number of likely N-dealkylation sites (tertiary alicyclic amines) is 1. The Morgan fingerprint density at radius 2 is 1.29 bits per heavy atom. The fourth-order valence-electron chi connectivity index (χ4n) is 10.4. The molecule has 10 heteroatoms. The number of urea groups is 1. The minimum Gasteiger partial charge on any atom is -0.508 e. The summed E-state index contributed by atoms with van der Waals surface area (Å²) in [6.07, 6.45) is 6.30. The quantitative estimate of drug-likeness (QED) is 0.199. The van der Waals surface area contributed by atoms with Gasteiger partial charge in [0.05, 0.1) is 0 Å². The molecule has 0 spiro atoms. The number of rotatable bonds is 8. The molecule has 0 radical (unpaired) electrons. The third-order valence-electron chi connectivity index (χ3n) is 13.7. The number of nitrogens with one attached hydrogen (secondary N) is 1. The molecule has 9 rings (SSSR count). The molecule has 302 valence electrons. The SMILES string of the molecule is O=C1CCN(c2ccc(N3CCN(CC4CCN(C(=O)C5CCN(c6ccc([C@@H]7c8ccc(O)cc8CC[C@@H]7c7ccccc7)cc6)CC5)CC4)CC3)cc2)C(=O)N1. The van der Waals surface area contributed by atoms with E-state index < -0.39 is 0 Å². The van der Waals surface area contributed by atoms with E-state index in [9.17, 15) is 19.5 Å². The molecule has 4 aromatic carbocycles. The van der Waals surface area contributed by atoms with Crippen LogP contribution in [-0.4, -0.2) is 98.2 Å². The summed E-state index contributed by atoms with van der Waals surface area (Å²) < 4.78 is 0. The number of carbonyl (C=O) groups is 3. The van der Waals surface area contributed by atoms with Crippen LogP contribution in [0.1, 0.15) is 72.6 Å². The van der Waals surface area contributed by atoms with Gasteiger partial charge in [0.15, 0.2) is 0 Å². The highest BCUT2D eigenvalue weighted by Gasteiger charge is 2.34. The van der Waals surface area contributed by atoms with Gasteiger partial charge in [-0.1, -0.05) is 48.5 Å². The van der Waals surface area contributed by atoms with E-state index in [2.05, 4.69) is 97.7 Å². The molecule has 2 atom stereocenters. The predicted octanol–water partition coefficient (Wildman–Crippen LogP) is 6.98. The van der Waals surface area contributed by atoms with Crippen LogP contribution in [0.4, 0.5) is 21.9 Å². The number of piperidine rings is 2. The second kappa shape index (κ2) is 16.9. The normalized spacial score (nSPS) is 22.5. The monoisotopic (exact) mass is 780 g/mol. The number of phenolic OH excluding ortho intramolecular Hbond substituents is 1. The van der Waals surface area contributed by atoms with Crippen molar-refractivity contribution in [3.05, 3.63) is 119 Å². The van der Waals surface area contributed by atoms with Gasteiger partial charge in [0.25, 0.3) is 0 Å². The van der Waals surface area contributed by atoms with Crippen LogP contribution >= 0.6 is 0 Å². The Kier molecular flexibility index (Phi) is 11.1. The average molecular weight is 781 g/mol. The van der Waals surface area contributed by atoms with E-state index in [1.54, 1.807) is 4.90 Å². The Bertz CT molecular complexity index is 2070. The van der Waals surface area contributed by atoms with E-state index in [0.717, 1.165) is 109 Å². The van der Waals surface area contributed by atoms with Crippen molar-refractivity contribution in [2.45, 2.75) is 56.8 Å². The molecule has 10 nitrogen and oxygen atoms in total. The van der Waals surface area contributed by atoms with Gasteiger partial charge in [-0.2, -0.15) is 0 Å². The lowest BCUT2D eigenvalue weighted by Gasteiger charge is -2.41. The van der Waals surface area contributed by atoms with E-state index in [1.807, 2.05) is 24.3 Å². The maximum absolute atomic E-state index is 13.7. The maximum Gasteiger partial charge on any atom is 0.328 e. The number of carbonyl (C=O) groups excluding carboxylic acids is 3. The molecule has 4 saturated heterocycles. The molecular weight excluding hydrogens is 725 g/mol. The Hall–Kier alpha value is -5.35. The van der Waals surface area contributed by atoms with Crippen LogP contribution in [0.5, 0.6) is 5.75 Å².